The van der Waals surface area contributed by atoms with Gasteiger partial charge in [-0.15, -0.1) is 0 Å². The molecule has 0 radical (unpaired) electrons. The molecule has 1 heteroatoms. The molecule has 96 valence electrons. The molecule has 1 aliphatic heterocycles. The van der Waals surface area contributed by atoms with E-state index < -0.39 is 0 Å². The van der Waals surface area contributed by atoms with Gasteiger partial charge in [-0.2, -0.15) is 0 Å². The summed E-state index contributed by atoms with van der Waals surface area (Å²) in [5.41, 5.74) is 0.799. The maximum absolute atomic E-state index is 3.89. The van der Waals surface area contributed by atoms with Gasteiger partial charge in [0.2, 0.25) is 0 Å². The van der Waals surface area contributed by atoms with Crippen LogP contribution in [0.25, 0.3) is 0 Å². The lowest BCUT2D eigenvalue weighted by molar-refractivity contribution is 0.142. The molecule has 0 saturated carbocycles. The van der Waals surface area contributed by atoms with Gasteiger partial charge in [-0.1, -0.05) is 54.9 Å². The molecule has 1 fully saturated rings. The van der Waals surface area contributed by atoms with Gasteiger partial charge in [-0.3, -0.25) is 0 Å². The van der Waals surface area contributed by atoms with Crippen molar-refractivity contribution in [2.45, 2.75) is 79.8 Å². The molecule has 0 bridgehead atoms. The van der Waals surface area contributed by atoms with Crippen LogP contribution in [-0.4, -0.2) is 12.1 Å². The topological polar surface area (TPSA) is 12.0 Å². The maximum Gasteiger partial charge on any atom is 0.0152 e. The van der Waals surface area contributed by atoms with E-state index in [1.807, 2.05) is 0 Å². The Hall–Kier alpha value is -0.0400. The van der Waals surface area contributed by atoms with Crippen LogP contribution in [0.5, 0.6) is 0 Å². The molecule has 0 spiro atoms. The fourth-order valence-corrected chi connectivity index (χ4v) is 3.14. The molecule has 1 N–H and O–H groups in total. The first kappa shape index (κ1) is 14.0. The lowest BCUT2D eigenvalue weighted by atomic mass is 9.69. The highest BCUT2D eigenvalue weighted by Gasteiger charge is 2.44. The fourth-order valence-electron chi connectivity index (χ4n) is 3.14. The summed E-state index contributed by atoms with van der Waals surface area (Å²) in [5.74, 6) is 0.809. The average molecular weight is 225 g/mol. The van der Waals surface area contributed by atoms with Crippen LogP contribution in [-0.2, 0) is 0 Å². The van der Waals surface area contributed by atoms with Gasteiger partial charge in [0.25, 0.3) is 0 Å². The highest BCUT2D eigenvalue weighted by Crippen LogP contribution is 2.43. The third-order valence-corrected chi connectivity index (χ3v) is 4.04. The van der Waals surface area contributed by atoms with Crippen molar-refractivity contribution in [2.24, 2.45) is 16.7 Å². The summed E-state index contributed by atoms with van der Waals surface area (Å²) in [6, 6.07) is 1.42. The third-order valence-electron chi connectivity index (χ3n) is 4.04. The molecule has 0 aromatic carbocycles. The lowest BCUT2D eigenvalue weighted by Crippen LogP contribution is -2.44. The highest BCUT2D eigenvalue weighted by atomic mass is 15.0. The molecule has 1 rings (SSSR count). The minimum atomic E-state index is 0.375. The zero-order valence-electron chi connectivity index (χ0n) is 12.4. The summed E-state index contributed by atoms with van der Waals surface area (Å²) in [5, 5.41) is 3.89. The molecular weight excluding hydrogens is 194 g/mol. The van der Waals surface area contributed by atoms with Gasteiger partial charge in [-0.05, 0) is 29.6 Å². The van der Waals surface area contributed by atoms with Gasteiger partial charge in [0.05, 0.1) is 0 Å². The van der Waals surface area contributed by atoms with Gasteiger partial charge in [0.15, 0.2) is 0 Å². The number of hydrogen-bond acceptors (Lipinski definition) is 1. The Morgan fingerprint density at radius 2 is 1.56 bits per heavy atom. The molecule has 16 heavy (non-hydrogen) atoms. The van der Waals surface area contributed by atoms with Crippen LogP contribution in [0.3, 0.4) is 0 Å². The zero-order valence-corrected chi connectivity index (χ0v) is 12.4. The monoisotopic (exact) mass is 225 g/mol. The SMILES string of the molecule is CCCC1CC(C(C)(C)C)C(C(C)(C)C)N1. The van der Waals surface area contributed by atoms with E-state index in [4.69, 9.17) is 0 Å². The Morgan fingerprint density at radius 3 is 1.88 bits per heavy atom. The molecule has 1 nitrogen and oxygen atoms in total. The van der Waals surface area contributed by atoms with Gasteiger partial charge >= 0.3 is 0 Å². The minimum Gasteiger partial charge on any atom is -0.310 e. The van der Waals surface area contributed by atoms with Crippen LogP contribution in [0.1, 0.15) is 67.7 Å². The lowest BCUT2D eigenvalue weighted by Gasteiger charge is -2.39. The molecule has 3 unspecified atom stereocenters. The molecule has 0 amide bonds. The fraction of sp³-hybridized carbons (Fsp3) is 1.00. The average Bonchev–Trinajstić information content (AvgIpc) is 2.47. The summed E-state index contributed by atoms with van der Waals surface area (Å²) < 4.78 is 0. The van der Waals surface area contributed by atoms with Crippen molar-refractivity contribution < 1.29 is 0 Å². The van der Waals surface area contributed by atoms with Crippen molar-refractivity contribution in [3.63, 3.8) is 0 Å². The molecule has 0 aromatic rings. The van der Waals surface area contributed by atoms with Crippen molar-refractivity contribution >= 4 is 0 Å². The van der Waals surface area contributed by atoms with Crippen LogP contribution in [0.2, 0.25) is 0 Å². The van der Waals surface area contributed by atoms with Crippen LogP contribution in [0.4, 0.5) is 0 Å². The van der Waals surface area contributed by atoms with Gasteiger partial charge in [-0.25, -0.2) is 0 Å². The van der Waals surface area contributed by atoms with E-state index in [1.54, 1.807) is 0 Å². The van der Waals surface area contributed by atoms with E-state index in [9.17, 15) is 0 Å². The van der Waals surface area contributed by atoms with E-state index >= 15 is 0 Å². The first-order valence-corrected chi connectivity index (χ1v) is 6.92. The van der Waals surface area contributed by atoms with Gasteiger partial charge in [0.1, 0.15) is 0 Å². The maximum atomic E-state index is 3.89. The number of nitrogens with one attached hydrogen (secondary N) is 1. The van der Waals surface area contributed by atoms with Crippen LogP contribution >= 0.6 is 0 Å². The summed E-state index contributed by atoms with van der Waals surface area (Å²) in [6.07, 6.45) is 3.99. The van der Waals surface area contributed by atoms with Crippen molar-refractivity contribution in [2.75, 3.05) is 0 Å². The van der Waals surface area contributed by atoms with Crippen molar-refractivity contribution in [1.82, 2.24) is 5.32 Å². The molecule has 0 aromatic heterocycles. The third kappa shape index (κ3) is 3.23. The first-order chi connectivity index (χ1) is 7.16. The first-order valence-electron chi connectivity index (χ1n) is 6.92. The highest BCUT2D eigenvalue weighted by molar-refractivity contribution is 5.00. The van der Waals surface area contributed by atoms with Crippen molar-refractivity contribution in [3.8, 4) is 0 Å². The Balaban J connectivity index is 2.80. The molecule has 1 saturated heterocycles. The van der Waals surface area contributed by atoms with E-state index in [0.29, 0.717) is 16.9 Å². The quantitative estimate of drug-likeness (QED) is 0.742. The van der Waals surface area contributed by atoms with E-state index in [1.165, 1.54) is 19.3 Å². The number of rotatable bonds is 2. The summed E-state index contributed by atoms with van der Waals surface area (Å²) in [4.78, 5) is 0. The minimum absolute atomic E-state index is 0.375. The number of hydrogen-bond donors (Lipinski definition) is 1. The standard InChI is InChI=1S/C15H31N/c1-8-9-11-10-12(14(2,3)4)13(16-11)15(5,6)7/h11-13,16H,8-10H2,1-7H3. The van der Waals surface area contributed by atoms with Gasteiger partial charge in [0, 0.05) is 12.1 Å². The summed E-state index contributed by atoms with van der Waals surface area (Å²) >= 11 is 0. The zero-order chi connectivity index (χ0) is 12.6. The summed E-state index contributed by atoms with van der Waals surface area (Å²) in [6.45, 7) is 16.6. The summed E-state index contributed by atoms with van der Waals surface area (Å²) in [7, 11) is 0. The van der Waals surface area contributed by atoms with E-state index in [2.05, 4.69) is 53.8 Å². The Kier molecular flexibility index (Phi) is 4.10. The van der Waals surface area contributed by atoms with Crippen LogP contribution < -0.4 is 5.32 Å². The predicted octanol–water partition coefficient (Wildman–Crippen LogP) is 4.23. The molecule has 1 aliphatic rings. The predicted molar refractivity (Wildman–Crippen MR) is 72.6 cm³/mol. The van der Waals surface area contributed by atoms with Crippen LogP contribution in [0.15, 0.2) is 0 Å². The normalized spacial score (nSPS) is 32.1. The second-order valence-electron chi connectivity index (χ2n) is 7.70. The molecule has 1 heterocycles. The second-order valence-corrected chi connectivity index (χ2v) is 7.70. The van der Waals surface area contributed by atoms with E-state index in [-0.39, 0.29) is 0 Å². The van der Waals surface area contributed by atoms with Gasteiger partial charge < -0.3 is 5.32 Å². The van der Waals surface area contributed by atoms with Crippen LogP contribution in [0, 0.1) is 16.7 Å². The Morgan fingerprint density at radius 1 is 1.00 bits per heavy atom. The smallest absolute Gasteiger partial charge is 0.0152 e. The second kappa shape index (κ2) is 4.68. The largest absolute Gasteiger partial charge is 0.310 e. The Bertz CT molecular complexity index is 197. The van der Waals surface area contributed by atoms with E-state index in [0.717, 1.165) is 12.0 Å². The molecule has 0 aliphatic carbocycles. The van der Waals surface area contributed by atoms with Crippen molar-refractivity contribution in [3.05, 3.63) is 0 Å². The van der Waals surface area contributed by atoms with Crippen molar-refractivity contribution in [1.29, 1.82) is 0 Å². The molecule has 3 atom stereocenters. The molecular formula is C15H31N. The Labute approximate surface area is 102 Å².